The molecule has 0 bridgehead atoms. The molecule has 0 heterocycles. The smallest absolute Gasteiger partial charge is 0.319 e. The van der Waals surface area contributed by atoms with Crippen molar-refractivity contribution in [2.45, 2.75) is 49.6 Å². The van der Waals surface area contributed by atoms with E-state index in [4.69, 9.17) is 16.9 Å². The number of halogens is 1. The second-order valence-corrected chi connectivity index (χ2v) is 11.0. The monoisotopic (exact) mass is 541 g/mol. The maximum atomic E-state index is 12.7. The highest BCUT2D eigenvalue weighted by molar-refractivity contribution is 7.92. The van der Waals surface area contributed by atoms with Gasteiger partial charge in [0.25, 0.3) is 20.9 Å². The summed E-state index contributed by atoms with van der Waals surface area (Å²) in [5, 5.41) is 17.7. The Morgan fingerprint density at radius 1 is 0.973 bits per heavy atom. The van der Waals surface area contributed by atoms with E-state index in [-0.39, 0.29) is 33.4 Å². The molecule has 3 aromatic carbocycles. The summed E-state index contributed by atoms with van der Waals surface area (Å²) in [4.78, 5) is 36.6. The predicted octanol–water partition coefficient (Wildman–Crippen LogP) is 3.46. The number of rotatable bonds is 7. The number of amides is 2. The summed E-state index contributed by atoms with van der Waals surface area (Å²) in [7, 11) is -4.02. The standard InChI is InChI=1S/C25H24ClN5O5S/c1-14-2-9-18(10-3-14)37(35,36)31-22-21(23(32)24(22)33)28-16-5-7-17(8-6-16)29-25(34)30-20-11-4-15(13-27)12-19(20)26/h2-4,9-12,16-17,28,31H,5-8H2,1H3,(H2,29,30,34). The molecule has 12 heteroatoms. The number of nitriles is 1. The minimum absolute atomic E-state index is 0.00995. The Balaban J connectivity index is 1.32. The van der Waals surface area contributed by atoms with Gasteiger partial charge in [0.1, 0.15) is 11.4 Å². The van der Waals surface area contributed by atoms with E-state index in [0.717, 1.165) is 5.56 Å². The molecule has 0 radical (unpaired) electrons. The Bertz CT molecular complexity index is 1550. The van der Waals surface area contributed by atoms with Gasteiger partial charge in [0, 0.05) is 12.1 Å². The highest BCUT2D eigenvalue weighted by atomic mass is 35.5. The first kappa shape index (κ1) is 26.2. The summed E-state index contributed by atoms with van der Waals surface area (Å²) in [5.41, 5.74) is -0.290. The van der Waals surface area contributed by atoms with Crippen molar-refractivity contribution in [2.75, 3.05) is 15.4 Å². The van der Waals surface area contributed by atoms with Crippen LogP contribution in [0.25, 0.3) is 0 Å². The molecule has 10 nitrogen and oxygen atoms in total. The van der Waals surface area contributed by atoms with Gasteiger partial charge in [-0.3, -0.25) is 14.3 Å². The van der Waals surface area contributed by atoms with Gasteiger partial charge in [-0.1, -0.05) is 29.3 Å². The predicted molar refractivity (Wildman–Crippen MR) is 141 cm³/mol. The van der Waals surface area contributed by atoms with Gasteiger partial charge in [0.2, 0.25) is 0 Å². The number of hydrogen-bond donors (Lipinski definition) is 4. The first-order chi connectivity index (χ1) is 17.6. The van der Waals surface area contributed by atoms with Crippen molar-refractivity contribution < 1.29 is 13.2 Å². The third-order valence-corrected chi connectivity index (χ3v) is 7.91. The molecule has 0 unspecified atom stereocenters. The number of hydrogen-bond acceptors (Lipinski definition) is 7. The number of carbonyl (C=O) groups excluding carboxylic acids is 1. The molecule has 0 aliphatic heterocycles. The minimum Gasteiger partial charge on any atom is -0.377 e. The van der Waals surface area contributed by atoms with Crippen molar-refractivity contribution in [3.05, 3.63) is 79.1 Å². The summed E-state index contributed by atoms with van der Waals surface area (Å²) in [5.74, 6) is 0. The molecule has 0 spiro atoms. The first-order valence-electron chi connectivity index (χ1n) is 11.5. The zero-order chi connectivity index (χ0) is 26.7. The van der Waals surface area contributed by atoms with E-state index in [9.17, 15) is 22.8 Å². The normalized spacial score (nSPS) is 17.5. The lowest BCUT2D eigenvalue weighted by molar-refractivity contribution is 0.243. The van der Waals surface area contributed by atoms with Crippen LogP contribution >= 0.6 is 11.6 Å². The molecule has 4 rings (SSSR count). The molecule has 0 atom stereocenters. The quantitative estimate of drug-likeness (QED) is 0.333. The van der Waals surface area contributed by atoms with Gasteiger partial charge >= 0.3 is 6.03 Å². The first-order valence-corrected chi connectivity index (χ1v) is 13.4. The molecule has 2 amide bonds. The molecule has 1 aliphatic carbocycles. The summed E-state index contributed by atoms with van der Waals surface area (Å²) >= 11 is 6.10. The van der Waals surface area contributed by atoms with Gasteiger partial charge in [-0.2, -0.15) is 5.26 Å². The fraction of sp³-hybridized carbons (Fsp3) is 0.280. The minimum atomic E-state index is -4.02. The van der Waals surface area contributed by atoms with Crippen molar-refractivity contribution in [2.24, 2.45) is 0 Å². The molecule has 3 aromatic rings. The SMILES string of the molecule is Cc1ccc(S(=O)(=O)Nc2c(NC3CCC(NC(=O)Nc4ccc(C#N)cc4Cl)CC3)c(=O)c2=O)cc1. The Labute approximate surface area is 218 Å². The maximum Gasteiger partial charge on any atom is 0.319 e. The van der Waals surface area contributed by atoms with Gasteiger partial charge in [-0.25, -0.2) is 13.2 Å². The highest BCUT2D eigenvalue weighted by Crippen LogP contribution is 2.27. The lowest BCUT2D eigenvalue weighted by Gasteiger charge is -2.31. The fourth-order valence-corrected chi connectivity index (χ4v) is 5.46. The Kier molecular flexibility index (Phi) is 7.52. The number of urea groups is 1. The third-order valence-electron chi connectivity index (χ3n) is 6.24. The fourth-order valence-electron chi connectivity index (χ4n) is 4.15. The Hall–Kier alpha value is -3.88. The average Bonchev–Trinajstić information content (AvgIpc) is 2.88. The second-order valence-electron chi connectivity index (χ2n) is 8.92. The molecule has 1 aliphatic rings. The third kappa shape index (κ3) is 5.93. The summed E-state index contributed by atoms with van der Waals surface area (Å²) in [6, 6.07) is 12.0. The van der Waals surface area contributed by atoms with Gasteiger partial charge in [-0.05, 0) is 62.9 Å². The van der Waals surface area contributed by atoms with Gasteiger partial charge in [-0.15, -0.1) is 0 Å². The van der Waals surface area contributed by atoms with Crippen molar-refractivity contribution in [1.29, 1.82) is 5.26 Å². The van der Waals surface area contributed by atoms with E-state index in [0.29, 0.717) is 36.9 Å². The van der Waals surface area contributed by atoms with Crippen LogP contribution in [-0.2, 0) is 10.0 Å². The largest absolute Gasteiger partial charge is 0.377 e. The van der Waals surface area contributed by atoms with E-state index in [1.807, 2.05) is 13.0 Å². The lowest BCUT2D eigenvalue weighted by Crippen LogP contribution is -2.44. The molecular formula is C25H24ClN5O5S. The molecule has 1 saturated carbocycles. The van der Waals surface area contributed by atoms with E-state index in [1.165, 1.54) is 18.2 Å². The van der Waals surface area contributed by atoms with Crippen molar-refractivity contribution in [1.82, 2.24) is 5.32 Å². The van der Waals surface area contributed by atoms with Crippen LogP contribution in [0.1, 0.15) is 36.8 Å². The van der Waals surface area contributed by atoms with Crippen molar-refractivity contribution >= 4 is 44.7 Å². The Morgan fingerprint density at radius 2 is 1.59 bits per heavy atom. The summed E-state index contributed by atoms with van der Waals surface area (Å²) < 4.78 is 27.6. The van der Waals surface area contributed by atoms with Gasteiger partial charge < -0.3 is 16.0 Å². The number of aryl methyl sites for hydroxylation is 1. The van der Waals surface area contributed by atoms with Crippen LogP contribution in [0.2, 0.25) is 5.02 Å². The Morgan fingerprint density at radius 3 is 2.22 bits per heavy atom. The van der Waals surface area contributed by atoms with Gasteiger partial charge in [0.15, 0.2) is 0 Å². The number of nitrogens with one attached hydrogen (secondary N) is 4. The molecule has 0 aromatic heterocycles. The molecule has 37 heavy (non-hydrogen) atoms. The van der Waals surface area contributed by atoms with E-state index >= 15 is 0 Å². The summed E-state index contributed by atoms with van der Waals surface area (Å²) in [6.45, 7) is 1.82. The van der Waals surface area contributed by atoms with Crippen LogP contribution < -0.4 is 31.5 Å². The van der Waals surface area contributed by atoms with Gasteiger partial charge in [0.05, 0.1) is 27.2 Å². The topological polar surface area (TPSA) is 157 Å². The maximum absolute atomic E-state index is 12.7. The average molecular weight is 542 g/mol. The zero-order valence-corrected chi connectivity index (χ0v) is 21.4. The molecule has 192 valence electrons. The van der Waals surface area contributed by atoms with E-state index in [1.54, 1.807) is 24.3 Å². The van der Waals surface area contributed by atoms with Crippen LogP contribution in [0.3, 0.4) is 0 Å². The number of nitrogens with zero attached hydrogens (tertiary/aromatic N) is 1. The number of benzene rings is 2. The molecule has 0 saturated heterocycles. The molecular weight excluding hydrogens is 518 g/mol. The van der Waals surface area contributed by atoms with Crippen LogP contribution in [0.5, 0.6) is 0 Å². The van der Waals surface area contributed by atoms with Crippen LogP contribution in [0.4, 0.5) is 21.9 Å². The number of carbonyl (C=O) groups is 1. The van der Waals surface area contributed by atoms with Crippen molar-refractivity contribution in [3.8, 4) is 6.07 Å². The molecule has 1 fully saturated rings. The lowest BCUT2D eigenvalue weighted by atomic mass is 9.91. The summed E-state index contributed by atoms with van der Waals surface area (Å²) in [6.07, 6.45) is 2.38. The van der Waals surface area contributed by atoms with Crippen LogP contribution in [0.15, 0.2) is 56.9 Å². The highest BCUT2D eigenvalue weighted by Gasteiger charge is 2.29. The number of anilines is 3. The molecule has 4 N–H and O–H groups in total. The number of sulfonamides is 1. The van der Waals surface area contributed by atoms with Crippen molar-refractivity contribution in [3.63, 3.8) is 0 Å². The van der Waals surface area contributed by atoms with Crippen LogP contribution in [0, 0.1) is 18.3 Å². The second kappa shape index (κ2) is 10.6. The van der Waals surface area contributed by atoms with E-state index < -0.39 is 26.9 Å². The zero-order valence-electron chi connectivity index (χ0n) is 19.8. The van der Waals surface area contributed by atoms with E-state index in [2.05, 4.69) is 20.7 Å². The van der Waals surface area contributed by atoms with Crippen LogP contribution in [-0.4, -0.2) is 26.5 Å².